The van der Waals surface area contributed by atoms with E-state index in [1.807, 2.05) is 12.1 Å². The molecule has 0 spiro atoms. The molecule has 0 radical (unpaired) electrons. The molecule has 0 saturated carbocycles. The van der Waals surface area contributed by atoms with E-state index in [4.69, 9.17) is 14.2 Å². The van der Waals surface area contributed by atoms with Crippen LogP contribution >= 0.6 is 15.9 Å². The number of halogens is 2. The molecule has 2 rings (SSSR count). The van der Waals surface area contributed by atoms with Crippen LogP contribution in [0.4, 0.5) is 4.39 Å². The van der Waals surface area contributed by atoms with Crippen molar-refractivity contribution in [1.82, 2.24) is 0 Å². The molecule has 0 fully saturated rings. The van der Waals surface area contributed by atoms with Crippen LogP contribution < -0.4 is 14.2 Å². The van der Waals surface area contributed by atoms with Gasteiger partial charge in [0.1, 0.15) is 23.1 Å². The Morgan fingerprint density at radius 3 is 2.05 bits per heavy atom. The average molecular weight is 355 g/mol. The van der Waals surface area contributed by atoms with Gasteiger partial charge in [0, 0.05) is 11.6 Å². The Kier molecular flexibility index (Phi) is 5.07. The normalized spacial score (nSPS) is 11.9. The molecule has 0 heterocycles. The molecule has 21 heavy (non-hydrogen) atoms. The van der Waals surface area contributed by atoms with Crippen molar-refractivity contribution in [2.45, 2.75) is 4.83 Å². The van der Waals surface area contributed by atoms with Crippen LogP contribution in [0.5, 0.6) is 17.2 Å². The molecular weight excluding hydrogens is 339 g/mol. The number of hydrogen-bond acceptors (Lipinski definition) is 3. The van der Waals surface area contributed by atoms with E-state index in [-0.39, 0.29) is 10.6 Å². The van der Waals surface area contributed by atoms with Gasteiger partial charge < -0.3 is 14.2 Å². The minimum atomic E-state index is -0.315. The molecule has 5 heteroatoms. The van der Waals surface area contributed by atoms with Crippen molar-refractivity contribution in [3.8, 4) is 17.2 Å². The highest BCUT2D eigenvalue weighted by Crippen LogP contribution is 2.39. The molecule has 0 aliphatic carbocycles. The minimum absolute atomic E-state index is 0.243. The molecule has 0 saturated heterocycles. The van der Waals surface area contributed by atoms with Gasteiger partial charge in [0.2, 0.25) is 0 Å². The molecule has 1 atom stereocenters. The predicted octanol–water partition coefficient (Wildman–Crippen LogP) is 4.34. The fourth-order valence-electron chi connectivity index (χ4n) is 2.06. The number of hydrogen-bond donors (Lipinski definition) is 0. The summed E-state index contributed by atoms with van der Waals surface area (Å²) in [6.45, 7) is 0. The number of benzene rings is 2. The van der Waals surface area contributed by atoms with Crippen LogP contribution in [0.15, 0.2) is 36.4 Å². The third-order valence-electron chi connectivity index (χ3n) is 3.13. The van der Waals surface area contributed by atoms with Gasteiger partial charge in [-0.25, -0.2) is 4.39 Å². The zero-order valence-corrected chi connectivity index (χ0v) is 13.6. The van der Waals surface area contributed by atoms with Gasteiger partial charge in [-0.15, -0.1) is 0 Å². The summed E-state index contributed by atoms with van der Waals surface area (Å²) in [6, 6.07) is 9.94. The van der Waals surface area contributed by atoms with Crippen LogP contribution in [0.3, 0.4) is 0 Å². The van der Waals surface area contributed by atoms with Gasteiger partial charge in [-0.05, 0) is 35.9 Å². The van der Waals surface area contributed by atoms with E-state index in [1.54, 1.807) is 33.5 Å². The number of rotatable bonds is 5. The second kappa shape index (κ2) is 6.80. The predicted molar refractivity (Wildman–Crippen MR) is 83.3 cm³/mol. The Hall–Kier alpha value is -1.75. The lowest BCUT2D eigenvalue weighted by molar-refractivity contribution is 0.393. The van der Waals surface area contributed by atoms with Gasteiger partial charge >= 0.3 is 0 Å². The first-order chi connectivity index (χ1) is 10.1. The van der Waals surface area contributed by atoms with Crippen molar-refractivity contribution in [3.63, 3.8) is 0 Å². The van der Waals surface area contributed by atoms with Crippen molar-refractivity contribution < 1.29 is 18.6 Å². The fraction of sp³-hybridized carbons (Fsp3) is 0.250. The van der Waals surface area contributed by atoms with Crippen LogP contribution in [-0.2, 0) is 0 Å². The van der Waals surface area contributed by atoms with E-state index < -0.39 is 0 Å². The summed E-state index contributed by atoms with van der Waals surface area (Å²) < 4.78 is 29.3. The average Bonchev–Trinajstić information content (AvgIpc) is 2.53. The smallest absolute Gasteiger partial charge is 0.123 e. The van der Waals surface area contributed by atoms with Crippen LogP contribution in [0, 0.1) is 5.82 Å². The maximum atomic E-state index is 13.5. The lowest BCUT2D eigenvalue weighted by atomic mass is 10.0. The van der Waals surface area contributed by atoms with Crippen molar-refractivity contribution in [3.05, 3.63) is 53.3 Å². The number of methoxy groups -OCH3 is 3. The summed E-state index contributed by atoms with van der Waals surface area (Å²) in [5, 5.41) is 0. The van der Waals surface area contributed by atoms with Crippen molar-refractivity contribution >= 4 is 15.9 Å². The largest absolute Gasteiger partial charge is 0.497 e. The fourth-order valence-corrected chi connectivity index (χ4v) is 2.68. The summed E-state index contributed by atoms with van der Waals surface area (Å²) >= 11 is 3.59. The maximum Gasteiger partial charge on any atom is 0.123 e. The topological polar surface area (TPSA) is 27.7 Å². The first-order valence-electron chi connectivity index (χ1n) is 6.29. The molecule has 0 bridgehead atoms. The van der Waals surface area contributed by atoms with Crippen molar-refractivity contribution in [2.75, 3.05) is 21.3 Å². The lowest BCUT2D eigenvalue weighted by Gasteiger charge is -2.16. The molecule has 0 amide bonds. The molecule has 2 aromatic rings. The Balaban J connectivity index is 2.48. The standard InChI is InChI=1S/C16H16BrFO3/c1-19-12-6-10(7-13(9-12)20-2)16(17)14-8-11(18)4-5-15(14)21-3/h4-9,16H,1-3H3. The molecule has 0 N–H and O–H groups in total. The molecule has 0 aliphatic heterocycles. The third-order valence-corrected chi connectivity index (χ3v) is 4.15. The Labute approximate surface area is 131 Å². The number of alkyl halides is 1. The zero-order chi connectivity index (χ0) is 15.4. The summed E-state index contributed by atoms with van der Waals surface area (Å²) in [4.78, 5) is -0.243. The van der Waals surface area contributed by atoms with E-state index >= 15 is 0 Å². The van der Waals surface area contributed by atoms with Crippen molar-refractivity contribution in [2.24, 2.45) is 0 Å². The summed E-state index contributed by atoms with van der Waals surface area (Å²) in [5.74, 6) is 1.64. The first kappa shape index (κ1) is 15.6. The number of ether oxygens (including phenoxy) is 3. The van der Waals surface area contributed by atoms with E-state index in [0.717, 1.165) is 5.56 Å². The van der Waals surface area contributed by atoms with Crippen molar-refractivity contribution in [1.29, 1.82) is 0 Å². The molecule has 0 aliphatic rings. The van der Waals surface area contributed by atoms with E-state index in [2.05, 4.69) is 15.9 Å². The maximum absolute atomic E-state index is 13.5. The Morgan fingerprint density at radius 1 is 0.905 bits per heavy atom. The van der Waals surface area contributed by atoms with Gasteiger partial charge in [-0.3, -0.25) is 0 Å². The van der Waals surface area contributed by atoms with Crippen LogP contribution in [0.25, 0.3) is 0 Å². The molecule has 1 unspecified atom stereocenters. The van der Waals surface area contributed by atoms with E-state index in [1.165, 1.54) is 12.1 Å². The highest BCUT2D eigenvalue weighted by Gasteiger charge is 2.18. The van der Waals surface area contributed by atoms with Gasteiger partial charge in [-0.2, -0.15) is 0 Å². The lowest BCUT2D eigenvalue weighted by Crippen LogP contribution is -1.99. The van der Waals surface area contributed by atoms with E-state index in [9.17, 15) is 4.39 Å². The van der Waals surface area contributed by atoms with Gasteiger partial charge in [-0.1, -0.05) is 15.9 Å². The Bertz CT molecular complexity index is 609. The molecule has 2 aromatic carbocycles. The second-order valence-corrected chi connectivity index (χ2v) is 5.31. The highest BCUT2D eigenvalue weighted by molar-refractivity contribution is 9.09. The summed E-state index contributed by atoms with van der Waals surface area (Å²) in [5.41, 5.74) is 1.59. The monoisotopic (exact) mass is 354 g/mol. The SMILES string of the molecule is COc1cc(OC)cc(C(Br)c2cc(F)ccc2OC)c1. The zero-order valence-electron chi connectivity index (χ0n) is 12.0. The van der Waals surface area contributed by atoms with Crippen LogP contribution in [0.2, 0.25) is 0 Å². The second-order valence-electron chi connectivity index (χ2n) is 4.39. The highest BCUT2D eigenvalue weighted by atomic mass is 79.9. The summed E-state index contributed by atoms with van der Waals surface area (Å²) in [7, 11) is 4.73. The third kappa shape index (κ3) is 3.47. The Morgan fingerprint density at radius 2 is 1.52 bits per heavy atom. The molecular formula is C16H16BrFO3. The first-order valence-corrected chi connectivity index (χ1v) is 7.21. The van der Waals surface area contributed by atoms with Gasteiger partial charge in [0.05, 0.1) is 26.2 Å². The van der Waals surface area contributed by atoms with Gasteiger partial charge in [0.25, 0.3) is 0 Å². The minimum Gasteiger partial charge on any atom is -0.497 e. The molecule has 0 aromatic heterocycles. The van der Waals surface area contributed by atoms with Crippen LogP contribution in [-0.4, -0.2) is 21.3 Å². The quantitative estimate of drug-likeness (QED) is 0.747. The van der Waals surface area contributed by atoms with Crippen LogP contribution in [0.1, 0.15) is 16.0 Å². The summed E-state index contributed by atoms with van der Waals surface area (Å²) in [6.07, 6.45) is 0. The molecule has 3 nitrogen and oxygen atoms in total. The van der Waals surface area contributed by atoms with E-state index in [0.29, 0.717) is 22.8 Å². The van der Waals surface area contributed by atoms with Gasteiger partial charge in [0.15, 0.2) is 0 Å². The molecule has 112 valence electrons.